The molecule has 0 unspecified atom stereocenters. The quantitative estimate of drug-likeness (QED) is 0.149. The molecule has 4 aromatic rings. The number of benzene rings is 3. The van der Waals surface area contributed by atoms with Crippen LogP contribution in [0.1, 0.15) is 115 Å². The van der Waals surface area contributed by atoms with Crippen molar-refractivity contribution in [1.29, 1.82) is 0 Å². The maximum absolute atomic E-state index is 14.6. The summed E-state index contributed by atoms with van der Waals surface area (Å²) in [5.74, 6) is -0.949. The molecule has 0 fully saturated rings. The Morgan fingerprint density at radius 1 is 0.650 bits per heavy atom. The number of rotatable bonds is 15. The van der Waals surface area contributed by atoms with E-state index < -0.39 is 11.6 Å². The van der Waals surface area contributed by atoms with E-state index in [9.17, 15) is 8.78 Å². The molecular weight excluding hydrogens is 498 g/mol. The Morgan fingerprint density at radius 2 is 1.25 bits per heavy atom. The third kappa shape index (κ3) is 5.73. The fraction of sp³-hybridized carbons (Fsp3) is 0.472. The summed E-state index contributed by atoms with van der Waals surface area (Å²) in [5.41, 5.74) is 6.78. The lowest BCUT2D eigenvalue weighted by molar-refractivity contribution is 0.398. The first kappa shape index (κ1) is 28.5. The number of nitrogens with one attached hydrogen (secondary N) is 1. The molecule has 1 aliphatic carbocycles. The summed E-state index contributed by atoms with van der Waals surface area (Å²) in [5, 5.41) is 0. The minimum Gasteiger partial charge on any atom is -0.338 e. The van der Waals surface area contributed by atoms with Crippen molar-refractivity contribution in [2.45, 2.75) is 109 Å². The van der Waals surface area contributed by atoms with E-state index in [0.717, 1.165) is 23.9 Å². The summed E-state index contributed by atoms with van der Waals surface area (Å²) >= 11 is 0. The zero-order valence-electron chi connectivity index (χ0n) is 24.3. The number of H-pyrrole nitrogens is 1. The van der Waals surface area contributed by atoms with Crippen molar-refractivity contribution in [3.05, 3.63) is 77.4 Å². The predicted octanol–water partition coefficient (Wildman–Crippen LogP) is 11.3. The Labute approximate surface area is 238 Å². The summed E-state index contributed by atoms with van der Waals surface area (Å²) in [4.78, 5) is 7.95. The van der Waals surface area contributed by atoms with Gasteiger partial charge in [0.25, 0.3) is 0 Å². The highest BCUT2D eigenvalue weighted by atomic mass is 19.1. The average Bonchev–Trinajstić information content (AvgIpc) is 3.48. The minimum atomic E-state index is -0.600. The lowest BCUT2D eigenvalue weighted by atomic mass is 9.70. The fourth-order valence-electron chi connectivity index (χ4n) is 6.88. The molecule has 212 valence electrons. The Balaban J connectivity index is 1.53. The smallest absolute Gasteiger partial charge is 0.144 e. The van der Waals surface area contributed by atoms with Crippen LogP contribution >= 0.6 is 0 Å². The SMILES string of the molecule is CCCCCCCCC1(CCCCCCCC)c2ccccc2-c2cc3nc(-c4c(F)cccc4F)[nH]c3cc21. The second kappa shape index (κ2) is 13.1. The normalized spacial score (nSPS) is 13.6. The van der Waals surface area contributed by atoms with Crippen LogP contribution < -0.4 is 0 Å². The summed E-state index contributed by atoms with van der Waals surface area (Å²) in [6.45, 7) is 4.54. The van der Waals surface area contributed by atoms with Gasteiger partial charge in [0, 0.05) is 5.41 Å². The van der Waals surface area contributed by atoms with E-state index in [4.69, 9.17) is 0 Å². The van der Waals surface area contributed by atoms with Gasteiger partial charge in [0.1, 0.15) is 17.5 Å². The average molecular weight is 543 g/mol. The van der Waals surface area contributed by atoms with Crippen molar-refractivity contribution < 1.29 is 8.78 Å². The molecule has 1 heterocycles. The summed E-state index contributed by atoms with van der Waals surface area (Å²) in [6.07, 6.45) is 17.6. The molecule has 1 N–H and O–H groups in total. The second-order valence-electron chi connectivity index (χ2n) is 11.8. The van der Waals surface area contributed by atoms with Gasteiger partial charge in [0.2, 0.25) is 0 Å². The highest BCUT2D eigenvalue weighted by molar-refractivity contribution is 5.91. The predicted molar refractivity (Wildman–Crippen MR) is 164 cm³/mol. The Kier molecular flexibility index (Phi) is 9.34. The lowest BCUT2D eigenvalue weighted by Gasteiger charge is -2.33. The van der Waals surface area contributed by atoms with E-state index in [1.807, 2.05) is 0 Å². The molecule has 0 saturated heterocycles. The third-order valence-corrected chi connectivity index (χ3v) is 8.98. The topological polar surface area (TPSA) is 28.7 Å². The van der Waals surface area contributed by atoms with Crippen LogP contribution in [0.3, 0.4) is 0 Å². The fourth-order valence-corrected chi connectivity index (χ4v) is 6.88. The number of aromatic amines is 1. The van der Waals surface area contributed by atoms with Gasteiger partial charge in [-0.2, -0.15) is 0 Å². The van der Waals surface area contributed by atoms with Gasteiger partial charge in [-0.3, -0.25) is 0 Å². The van der Waals surface area contributed by atoms with Gasteiger partial charge in [0.15, 0.2) is 0 Å². The lowest BCUT2D eigenvalue weighted by Crippen LogP contribution is -2.25. The first-order valence-corrected chi connectivity index (χ1v) is 15.7. The van der Waals surface area contributed by atoms with E-state index >= 15 is 0 Å². The van der Waals surface area contributed by atoms with Crippen LogP contribution in [0.5, 0.6) is 0 Å². The van der Waals surface area contributed by atoms with Gasteiger partial charge in [-0.1, -0.05) is 121 Å². The minimum absolute atomic E-state index is 0.0376. The molecule has 0 saturated carbocycles. The molecule has 0 amide bonds. The molecule has 0 atom stereocenters. The standard InChI is InChI=1S/C36H44F2N2/c1-3-5-7-9-11-15-22-36(23-16-12-10-8-6-4-2)28-19-14-13-18-26(28)27-24-32-33(25-29(27)36)40-35(39-32)34-30(37)20-17-21-31(34)38/h13-14,17-21,24-25H,3-12,15-16,22-23H2,1-2H3,(H,39,40). The van der Waals surface area contributed by atoms with E-state index in [2.05, 4.69) is 60.2 Å². The maximum Gasteiger partial charge on any atom is 0.144 e. The van der Waals surface area contributed by atoms with Crippen LogP contribution in [-0.4, -0.2) is 9.97 Å². The zero-order chi connectivity index (χ0) is 28.0. The van der Waals surface area contributed by atoms with Crippen LogP contribution in [0, 0.1) is 11.6 Å². The first-order valence-electron chi connectivity index (χ1n) is 15.7. The summed E-state index contributed by atoms with van der Waals surface area (Å²) in [7, 11) is 0. The van der Waals surface area contributed by atoms with Crippen molar-refractivity contribution in [2.24, 2.45) is 0 Å². The third-order valence-electron chi connectivity index (χ3n) is 8.98. The number of unbranched alkanes of at least 4 members (excludes halogenated alkanes) is 10. The van der Waals surface area contributed by atoms with Gasteiger partial charge in [-0.05, 0) is 59.4 Å². The van der Waals surface area contributed by atoms with Gasteiger partial charge in [-0.25, -0.2) is 13.8 Å². The Bertz CT molecular complexity index is 1380. The Hall–Kier alpha value is -3.01. The summed E-state index contributed by atoms with van der Waals surface area (Å²) < 4.78 is 29.2. The van der Waals surface area contributed by atoms with Crippen LogP contribution in [-0.2, 0) is 5.41 Å². The monoisotopic (exact) mass is 542 g/mol. The number of halogens is 2. The van der Waals surface area contributed by atoms with E-state index in [-0.39, 0.29) is 16.8 Å². The maximum atomic E-state index is 14.6. The van der Waals surface area contributed by atoms with Crippen molar-refractivity contribution in [3.63, 3.8) is 0 Å². The Morgan fingerprint density at radius 3 is 1.90 bits per heavy atom. The van der Waals surface area contributed by atoms with Gasteiger partial charge in [-0.15, -0.1) is 0 Å². The molecule has 0 spiro atoms. The molecule has 1 aromatic heterocycles. The molecule has 5 rings (SSSR count). The molecule has 40 heavy (non-hydrogen) atoms. The van der Waals surface area contributed by atoms with Crippen molar-refractivity contribution in [3.8, 4) is 22.5 Å². The second-order valence-corrected chi connectivity index (χ2v) is 11.8. The number of aromatic nitrogens is 2. The molecule has 1 aliphatic rings. The number of fused-ring (bicyclic) bond motifs is 4. The van der Waals surface area contributed by atoms with E-state index in [1.165, 1.54) is 118 Å². The molecule has 2 nitrogen and oxygen atoms in total. The van der Waals surface area contributed by atoms with Crippen LogP contribution in [0.15, 0.2) is 54.6 Å². The van der Waals surface area contributed by atoms with Crippen LogP contribution in [0.2, 0.25) is 0 Å². The number of imidazole rings is 1. The molecule has 0 bridgehead atoms. The molecule has 0 radical (unpaired) electrons. The van der Waals surface area contributed by atoms with Crippen LogP contribution in [0.4, 0.5) is 8.78 Å². The van der Waals surface area contributed by atoms with Crippen molar-refractivity contribution in [1.82, 2.24) is 9.97 Å². The largest absolute Gasteiger partial charge is 0.338 e. The van der Waals surface area contributed by atoms with Gasteiger partial charge >= 0.3 is 0 Å². The van der Waals surface area contributed by atoms with Crippen molar-refractivity contribution >= 4 is 11.0 Å². The van der Waals surface area contributed by atoms with E-state index in [0.29, 0.717) is 0 Å². The number of nitrogens with zero attached hydrogens (tertiary/aromatic N) is 1. The molecule has 3 aromatic carbocycles. The van der Waals surface area contributed by atoms with E-state index in [1.54, 1.807) is 0 Å². The van der Waals surface area contributed by atoms with Gasteiger partial charge in [0.05, 0.1) is 16.6 Å². The molecular formula is C36H44F2N2. The van der Waals surface area contributed by atoms with Crippen LogP contribution in [0.25, 0.3) is 33.5 Å². The highest BCUT2D eigenvalue weighted by Gasteiger charge is 2.42. The molecule has 0 aliphatic heterocycles. The van der Waals surface area contributed by atoms with Crippen molar-refractivity contribution in [2.75, 3.05) is 0 Å². The molecule has 4 heteroatoms. The summed E-state index contributed by atoms with van der Waals surface area (Å²) in [6, 6.07) is 17.2. The number of hydrogen-bond donors (Lipinski definition) is 1. The number of hydrogen-bond acceptors (Lipinski definition) is 1. The first-order chi connectivity index (χ1) is 19.6. The zero-order valence-corrected chi connectivity index (χ0v) is 24.3. The highest BCUT2D eigenvalue weighted by Crippen LogP contribution is 2.55. The van der Waals surface area contributed by atoms with Gasteiger partial charge < -0.3 is 4.98 Å².